The Morgan fingerprint density at radius 3 is 2.70 bits per heavy atom. The van der Waals surface area contributed by atoms with Crippen LogP contribution in [0.3, 0.4) is 0 Å². The van der Waals surface area contributed by atoms with Crippen LogP contribution in [0.1, 0.15) is 5.56 Å². The molecule has 5 nitrogen and oxygen atoms in total. The molecule has 2 aromatic carbocycles. The van der Waals surface area contributed by atoms with E-state index in [2.05, 4.69) is 4.99 Å². The highest BCUT2D eigenvalue weighted by molar-refractivity contribution is 6.43. The molecule has 0 aliphatic carbocycles. The summed E-state index contributed by atoms with van der Waals surface area (Å²) in [5, 5.41) is 20.7. The fourth-order valence-corrected chi connectivity index (χ4v) is 1.85. The van der Waals surface area contributed by atoms with Crippen LogP contribution in [-0.4, -0.2) is 16.2 Å². The van der Waals surface area contributed by atoms with Crippen molar-refractivity contribution in [2.75, 3.05) is 0 Å². The second kappa shape index (κ2) is 5.90. The fraction of sp³-hybridized carbons (Fsp3) is 0. The highest BCUT2D eigenvalue weighted by Gasteiger charge is 2.12. The number of nitrogens with zero attached hydrogens (tertiary/aromatic N) is 2. The molecule has 0 radical (unpaired) electrons. The van der Waals surface area contributed by atoms with E-state index in [1.54, 1.807) is 18.2 Å². The fourth-order valence-electron chi connectivity index (χ4n) is 1.50. The highest BCUT2D eigenvalue weighted by Crippen LogP contribution is 2.32. The standard InChI is InChI=1S/C13H8Cl2N2O3/c14-9-2-1-3-10(13(9)15)16-7-8-4-5-12(18)11(6-8)17(19)20/h1-7,18H. The first-order valence-corrected chi connectivity index (χ1v) is 6.20. The van der Waals surface area contributed by atoms with Crippen LogP contribution in [0.25, 0.3) is 0 Å². The number of rotatable bonds is 3. The molecular weight excluding hydrogens is 303 g/mol. The molecule has 0 amide bonds. The molecule has 20 heavy (non-hydrogen) atoms. The Hall–Kier alpha value is -2.11. The summed E-state index contributed by atoms with van der Waals surface area (Å²) in [6.07, 6.45) is 1.41. The molecule has 102 valence electrons. The van der Waals surface area contributed by atoms with Gasteiger partial charge in [-0.3, -0.25) is 15.1 Å². The zero-order valence-electron chi connectivity index (χ0n) is 9.96. The third-order valence-corrected chi connectivity index (χ3v) is 3.29. The second-order valence-electron chi connectivity index (χ2n) is 3.84. The van der Waals surface area contributed by atoms with Crippen LogP contribution in [0.5, 0.6) is 5.75 Å². The van der Waals surface area contributed by atoms with Gasteiger partial charge in [0.2, 0.25) is 0 Å². The van der Waals surface area contributed by atoms with Crippen LogP contribution < -0.4 is 0 Å². The predicted octanol–water partition coefficient (Wildman–Crippen LogP) is 4.36. The third kappa shape index (κ3) is 3.07. The molecule has 0 unspecified atom stereocenters. The lowest BCUT2D eigenvalue weighted by Gasteiger charge is -2.00. The number of aliphatic imine (C=N–C) groups is 1. The lowest BCUT2D eigenvalue weighted by molar-refractivity contribution is -0.385. The molecule has 0 fully saturated rings. The molecule has 0 saturated heterocycles. The first kappa shape index (κ1) is 14.3. The van der Waals surface area contributed by atoms with Gasteiger partial charge in [-0.25, -0.2) is 0 Å². The summed E-state index contributed by atoms with van der Waals surface area (Å²) in [6, 6.07) is 8.95. The normalized spacial score (nSPS) is 10.9. The summed E-state index contributed by atoms with van der Waals surface area (Å²) in [5.41, 5.74) is 0.534. The quantitative estimate of drug-likeness (QED) is 0.520. The smallest absolute Gasteiger partial charge is 0.311 e. The number of phenols is 1. The van der Waals surface area contributed by atoms with E-state index in [4.69, 9.17) is 23.2 Å². The summed E-state index contributed by atoms with van der Waals surface area (Å²) >= 11 is 11.8. The van der Waals surface area contributed by atoms with E-state index >= 15 is 0 Å². The first-order valence-electron chi connectivity index (χ1n) is 5.44. The number of halogens is 2. The molecule has 7 heteroatoms. The average Bonchev–Trinajstić information content (AvgIpc) is 2.41. The lowest BCUT2D eigenvalue weighted by Crippen LogP contribution is -1.90. The number of nitro benzene ring substituents is 1. The number of benzene rings is 2. The maximum absolute atomic E-state index is 10.7. The minimum Gasteiger partial charge on any atom is -0.502 e. The molecule has 0 spiro atoms. The van der Waals surface area contributed by atoms with Crippen molar-refractivity contribution < 1.29 is 10.0 Å². The molecular formula is C13H8Cl2N2O3. The van der Waals surface area contributed by atoms with Gasteiger partial charge in [-0.1, -0.05) is 29.3 Å². The van der Waals surface area contributed by atoms with Crippen LogP contribution in [0, 0.1) is 10.1 Å². The summed E-state index contributed by atoms with van der Waals surface area (Å²) < 4.78 is 0. The van der Waals surface area contributed by atoms with E-state index in [9.17, 15) is 15.2 Å². The zero-order valence-corrected chi connectivity index (χ0v) is 11.5. The van der Waals surface area contributed by atoms with Gasteiger partial charge in [-0.2, -0.15) is 0 Å². The molecule has 0 heterocycles. The molecule has 0 aliphatic rings. The average molecular weight is 311 g/mol. The van der Waals surface area contributed by atoms with Gasteiger partial charge in [0.1, 0.15) is 0 Å². The third-order valence-electron chi connectivity index (χ3n) is 2.48. The minimum atomic E-state index is -0.668. The van der Waals surface area contributed by atoms with E-state index < -0.39 is 10.7 Å². The number of hydrogen-bond donors (Lipinski definition) is 1. The van der Waals surface area contributed by atoms with Crippen molar-refractivity contribution in [1.82, 2.24) is 0 Å². The van der Waals surface area contributed by atoms with Gasteiger partial charge in [0, 0.05) is 12.3 Å². The van der Waals surface area contributed by atoms with Crippen molar-refractivity contribution in [2.24, 2.45) is 4.99 Å². The lowest BCUT2D eigenvalue weighted by atomic mass is 10.2. The maximum atomic E-state index is 10.7. The minimum absolute atomic E-state index is 0.304. The number of aromatic hydroxyl groups is 1. The predicted molar refractivity (Wildman–Crippen MR) is 78.5 cm³/mol. The van der Waals surface area contributed by atoms with Gasteiger partial charge in [-0.15, -0.1) is 0 Å². The molecule has 0 bridgehead atoms. The van der Waals surface area contributed by atoms with Gasteiger partial charge >= 0.3 is 5.69 Å². The van der Waals surface area contributed by atoms with Crippen LogP contribution in [-0.2, 0) is 0 Å². The summed E-state index contributed by atoms with van der Waals surface area (Å²) in [5.74, 6) is -0.395. The first-order chi connectivity index (χ1) is 9.49. The summed E-state index contributed by atoms with van der Waals surface area (Å²) in [4.78, 5) is 14.2. The maximum Gasteiger partial charge on any atom is 0.311 e. The Balaban J connectivity index is 2.34. The van der Waals surface area contributed by atoms with Gasteiger partial charge in [0.25, 0.3) is 0 Å². The van der Waals surface area contributed by atoms with Gasteiger partial charge < -0.3 is 5.11 Å². The Kier molecular flexibility index (Phi) is 4.22. The summed E-state index contributed by atoms with van der Waals surface area (Å²) in [7, 11) is 0. The van der Waals surface area contributed by atoms with Crippen LogP contribution in [0.4, 0.5) is 11.4 Å². The van der Waals surface area contributed by atoms with Crippen molar-refractivity contribution in [3.63, 3.8) is 0 Å². The molecule has 0 aromatic heterocycles. The van der Waals surface area contributed by atoms with Crippen molar-refractivity contribution in [3.8, 4) is 5.75 Å². The Morgan fingerprint density at radius 2 is 2.00 bits per heavy atom. The summed E-state index contributed by atoms with van der Waals surface area (Å²) in [6.45, 7) is 0. The molecule has 1 N–H and O–H groups in total. The van der Waals surface area contributed by atoms with Crippen molar-refractivity contribution in [2.45, 2.75) is 0 Å². The van der Waals surface area contributed by atoms with E-state index in [-0.39, 0.29) is 5.69 Å². The van der Waals surface area contributed by atoms with E-state index in [1.807, 2.05) is 0 Å². The van der Waals surface area contributed by atoms with Crippen LogP contribution in [0.15, 0.2) is 41.4 Å². The van der Waals surface area contributed by atoms with Gasteiger partial charge in [0.15, 0.2) is 5.75 Å². The van der Waals surface area contributed by atoms with E-state index in [0.717, 1.165) is 0 Å². The van der Waals surface area contributed by atoms with Gasteiger partial charge in [-0.05, 0) is 29.8 Å². The Labute approximate surface area is 124 Å². The largest absolute Gasteiger partial charge is 0.502 e. The topological polar surface area (TPSA) is 75.7 Å². The van der Waals surface area contributed by atoms with E-state index in [0.29, 0.717) is 21.3 Å². The second-order valence-corrected chi connectivity index (χ2v) is 4.62. The Bertz CT molecular complexity index is 702. The Morgan fingerprint density at radius 1 is 1.25 bits per heavy atom. The van der Waals surface area contributed by atoms with Crippen molar-refractivity contribution in [3.05, 3.63) is 62.1 Å². The monoisotopic (exact) mass is 310 g/mol. The molecule has 2 rings (SSSR count). The van der Waals surface area contributed by atoms with Crippen molar-refractivity contribution >= 4 is 40.8 Å². The van der Waals surface area contributed by atoms with Crippen LogP contribution in [0.2, 0.25) is 10.0 Å². The molecule has 0 atom stereocenters. The molecule has 2 aromatic rings. The molecule has 0 aliphatic heterocycles. The SMILES string of the molecule is O=[N+]([O-])c1cc(C=Nc2cccc(Cl)c2Cl)ccc1O. The van der Waals surface area contributed by atoms with E-state index in [1.165, 1.54) is 24.4 Å². The number of hydrogen-bond acceptors (Lipinski definition) is 4. The molecule has 0 saturated carbocycles. The number of phenolic OH excluding ortho intramolecular Hbond substituents is 1. The van der Waals surface area contributed by atoms with Crippen molar-refractivity contribution in [1.29, 1.82) is 0 Å². The highest BCUT2D eigenvalue weighted by atomic mass is 35.5. The van der Waals surface area contributed by atoms with Gasteiger partial charge in [0.05, 0.1) is 20.7 Å². The zero-order chi connectivity index (χ0) is 14.7. The number of nitro groups is 1. The van der Waals surface area contributed by atoms with Crippen LogP contribution >= 0.6 is 23.2 Å².